The summed E-state index contributed by atoms with van der Waals surface area (Å²) in [6.07, 6.45) is 0. The maximum atomic E-state index is 12.9. The predicted octanol–water partition coefficient (Wildman–Crippen LogP) is 4.93. The van der Waals surface area contributed by atoms with Gasteiger partial charge in [-0.25, -0.2) is 0 Å². The van der Waals surface area contributed by atoms with Crippen LogP contribution in [-0.2, 0) is 4.79 Å². The summed E-state index contributed by atoms with van der Waals surface area (Å²) in [5.74, 6) is -0.534. The van der Waals surface area contributed by atoms with Crippen molar-refractivity contribution in [2.45, 2.75) is 33.2 Å². The van der Waals surface area contributed by atoms with Gasteiger partial charge in [-0.2, -0.15) is 0 Å². The van der Waals surface area contributed by atoms with Crippen LogP contribution in [0.25, 0.3) is 0 Å². The molecule has 3 amide bonds. The Hall–Kier alpha value is -4.13. The van der Waals surface area contributed by atoms with E-state index in [0.717, 1.165) is 11.4 Å². The Labute approximate surface area is 206 Å². The van der Waals surface area contributed by atoms with Gasteiger partial charge in [0.15, 0.2) is 0 Å². The number of rotatable bonds is 8. The van der Waals surface area contributed by atoms with Crippen LogP contribution in [0.15, 0.2) is 78.9 Å². The molecule has 0 aromatic heterocycles. The van der Waals surface area contributed by atoms with E-state index in [1.165, 1.54) is 0 Å². The highest BCUT2D eigenvalue weighted by atomic mass is 16.2. The molecule has 0 fully saturated rings. The van der Waals surface area contributed by atoms with E-state index >= 15 is 0 Å². The number of para-hydroxylation sites is 1. The largest absolute Gasteiger partial charge is 0.376 e. The summed E-state index contributed by atoms with van der Waals surface area (Å²) >= 11 is 0. The van der Waals surface area contributed by atoms with Gasteiger partial charge in [-0.3, -0.25) is 14.4 Å². The van der Waals surface area contributed by atoms with Crippen LogP contribution in [0.3, 0.4) is 0 Å². The second-order valence-corrected chi connectivity index (χ2v) is 9.15. The molecule has 7 heteroatoms. The second kappa shape index (κ2) is 11.3. The third kappa shape index (κ3) is 7.43. The van der Waals surface area contributed by atoms with Gasteiger partial charge in [0, 0.05) is 40.3 Å². The molecule has 0 unspecified atom stereocenters. The molecule has 0 radical (unpaired) electrons. The van der Waals surface area contributed by atoms with Crippen LogP contribution in [0.5, 0.6) is 0 Å². The smallest absolute Gasteiger partial charge is 0.258 e. The molecule has 0 saturated heterocycles. The van der Waals surface area contributed by atoms with E-state index in [2.05, 4.69) is 16.0 Å². The van der Waals surface area contributed by atoms with Crippen LogP contribution in [0.4, 0.5) is 17.1 Å². The average Bonchev–Trinajstić information content (AvgIpc) is 2.83. The normalized spacial score (nSPS) is 10.9. The molecule has 3 aromatic carbocycles. The molecule has 7 nitrogen and oxygen atoms in total. The van der Waals surface area contributed by atoms with Crippen molar-refractivity contribution in [3.8, 4) is 0 Å². The maximum absolute atomic E-state index is 12.9. The Bertz CT molecular complexity index is 1170. The SMILES string of the molecule is CCN(C(=O)c1ccc(NCC(=O)Nc2cccc(C(=O)NC(C)(C)C)c2)cc1)c1ccccc1. The van der Waals surface area contributed by atoms with Crippen LogP contribution >= 0.6 is 0 Å². The Morgan fingerprint density at radius 3 is 2.11 bits per heavy atom. The standard InChI is InChI=1S/C28H32N4O3/c1-5-32(24-12-7-6-8-13-24)27(35)20-14-16-22(17-15-20)29-19-25(33)30-23-11-9-10-21(18-23)26(34)31-28(2,3)4/h6-18,29H,5,19H2,1-4H3,(H,30,33)(H,31,34). The molecule has 3 rings (SSSR count). The van der Waals surface area contributed by atoms with Crippen molar-refractivity contribution >= 4 is 34.8 Å². The first kappa shape index (κ1) is 25.5. The summed E-state index contributed by atoms with van der Waals surface area (Å²) < 4.78 is 0. The zero-order valence-corrected chi connectivity index (χ0v) is 20.6. The first-order chi connectivity index (χ1) is 16.7. The molecule has 0 saturated carbocycles. The van der Waals surface area contributed by atoms with Gasteiger partial charge < -0.3 is 20.9 Å². The summed E-state index contributed by atoms with van der Waals surface area (Å²) in [5, 5.41) is 8.76. The summed E-state index contributed by atoms with van der Waals surface area (Å²) in [5.41, 5.74) is 2.80. The summed E-state index contributed by atoms with van der Waals surface area (Å²) in [4.78, 5) is 39.4. The molecule has 0 aliphatic rings. The molecule has 35 heavy (non-hydrogen) atoms. The highest BCUT2D eigenvalue weighted by Gasteiger charge is 2.17. The van der Waals surface area contributed by atoms with E-state index in [-0.39, 0.29) is 29.8 Å². The van der Waals surface area contributed by atoms with Crippen molar-refractivity contribution in [1.82, 2.24) is 5.32 Å². The quantitative estimate of drug-likeness (QED) is 0.433. The zero-order chi connectivity index (χ0) is 25.4. The van der Waals surface area contributed by atoms with Crippen LogP contribution in [0.1, 0.15) is 48.4 Å². The fourth-order valence-electron chi connectivity index (χ4n) is 3.48. The fourth-order valence-corrected chi connectivity index (χ4v) is 3.48. The molecule has 182 valence electrons. The van der Waals surface area contributed by atoms with Crippen molar-refractivity contribution in [3.63, 3.8) is 0 Å². The van der Waals surface area contributed by atoms with Crippen molar-refractivity contribution in [1.29, 1.82) is 0 Å². The molecule has 3 N–H and O–H groups in total. The lowest BCUT2D eigenvalue weighted by Gasteiger charge is -2.21. The van der Waals surface area contributed by atoms with E-state index < -0.39 is 0 Å². The molecule has 3 aromatic rings. The topological polar surface area (TPSA) is 90.5 Å². The highest BCUT2D eigenvalue weighted by Crippen LogP contribution is 2.18. The Morgan fingerprint density at radius 1 is 0.800 bits per heavy atom. The number of anilines is 3. The zero-order valence-electron chi connectivity index (χ0n) is 20.6. The Morgan fingerprint density at radius 2 is 1.49 bits per heavy atom. The van der Waals surface area contributed by atoms with Crippen molar-refractivity contribution in [2.75, 3.05) is 28.6 Å². The van der Waals surface area contributed by atoms with E-state index in [4.69, 9.17) is 0 Å². The van der Waals surface area contributed by atoms with Gasteiger partial charge in [-0.1, -0.05) is 24.3 Å². The van der Waals surface area contributed by atoms with Crippen LogP contribution in [0.2, 0.25) is 0 Å². The van der Waals surface area contributed by atoms with Gasteiger partial charge >= 0.3 is 0 Å². The van der Waals surface area contributed by atoms with E-state index in [9.17, 15) is 14.4 Å². The molecule has 0 aliphatic carbocycles. The Balaban J connectivity index is 1.56. The monoisotopic (exact) mass is 472 g/mol. The highest BCUT2D eigenvalue weighted by molar-refractivity contribution is 6.06. The van der Waals surface area contributed by atoms with Crippen molar-refractivity contribution < 1.29 is 14.4 Å². The van der Waals surface area contributed by atoms with Gasteiger partial charge in [0.2, 0.25) is 5.91 Å². The van der Waals surface area contributed by atoms with E-state index in [1.807, 2.05) is 58.0 Å². The molecular formula is C28H32N4O3. The lowest BCUT2D eigenvalue weighted by Crippen LogP contribution is -2.40. The first-order valence-electron chi connectivity index (χ1n) is 11.6. The first-order valence-corrected chi connectivity index (χ1v) is 11.6. The molecule has 0 atom stereocenters. The Kier molecular flexibility index (Phi) is 8.25. The number of benzene rings is 3. The lowest BCUT2D eigenvalue weighted by molar-refractivity contribution is -0.114. The van der Waals surface area contributed by atoms with Crippen LogP contribution in [0, 0.1) is 0 Å². The van der Waals surface area contributed by atoms with E-state index in [0.29, 0.717) is 23.4 Å². The number of carbonyl (C=O) groups is 3. The molecule has 0 aliphatic heterocycles. The minimum Gasteiger partial charge on any atom is -0.376 e. The number of hydrogen-bond acceptors (Lipinski definition) is 4. The summed E-state index contributed by atoms with van der Waals surface area (Å²) in [6.45, 7) is 8.26. The summed E-state index contributed by atoms with van der Waals surface area (Å²) in [7, 11) is 0. The second-order valence-electron chi connectivity index (χ2n) is 9.15. The number of nitrogens with one attached hydrogen (secondary N) is 3. The van der Waals surface area contributed by atoms with Gasteiger partial charge in [-0.15, -0.1) is 0 Å². The number of carbonyl (C=O) groups excluding carboxylic acids is 3. The maximum Gasteiger partial charge on any atom is 0.258 e. The third-order valence-electron chi connectivity index (χ3n) is 5.11. The van der Waals surface area contributed by atoms with Gasteiger partial charge in [0.05, 0.1) is 6.54 Å². The molecule has 0 spiro atoms. The van der Waals surface area contributed by atoms with Gasteiger partial charge in [0.1, 0.15) is 0 Å². The molecule has 0 heterocycles. The predicted molar refractivity (Wildman–Crippen MR) is 141 cm³/mol. The average molecular weight is 473 g/mol. The van der Waals surface area contributed by atoms with Gasteiger partial charge in [0.25, 0.3) is 11.8 Å². The summed E-state index contributed by atoms with van der Waals surface area (Å²) in [6, 6.07) is 23.4. The lowest BCUT2D eigenvalue weighted by atomic mass is 10.1. The number of nitrogens with zero attached hydrogens (tertiary/aromatic N) is 1. The molecular weight excluding hydrogens is 440 g/mol. The van der Waals surface area contributed by atoms with Crippen LogP contribution < -0.4 is 20.9 Å². The minimum atomic E-state index is -0.350. The van der Waals surface area contributed by atoms with Crippen molar-refractivity contribution in [2.24, 2.45) is 0 Å². The van der Waals surface area contributed by atoms with Crippen LogP contribution in [-0.4, -0.2) is 36.3 Å². The van der Waals surface area contributed by atoms with Gasteiger partial charge in [-0.05, 0) is 82.3 Å². The minimum absolute atomic E-state index is 0.0385. The van der Waals surface area contributed by atoms with E-state index in [1.54, 1.807) is 53.4 Å². The fraction of sp³-hybridized carbons (Fsp3) is 0.250. The molecule has 0 bridgehead atoms. The third-order valence-corrected chi connectivity index (χ3v) is 5.11. The number of amides is 3. The number of hydrogen-bond donors (Lipinski definition) is 3. The van der Waals surface area contributed by atoms with Crippen molar-refractivity contribution in [3.05, 3.63) is 90.0 Å².